The lowest BCUT2D eigenvalue weighted by molar-refractivity contribution is -0.118. The van der Waals surface area contributed by atoms with Crippen molar-refractivity contribution in [1.82, 2.24) is 4.31 Å². The van der Waals surface area contributed by atoms with E-state index < -0.39 is 15.9 Å². The van der Waals surface area contributed by atoms with Crippen LogP contribution in [0.2, 0.25) is 10.0 Å². The Kier molecular flexibility index (Phi) is 8.15. The molecule has 0 heterocycles. The van der Waals surface area contributed by atoms with E-state index in [-0.39, 0.29) is 33.0 Å². The van der Waals surface area contributed by atoms with E-state index in [0.717, 1.165) is 0 Å². The molecule has 1 N–H and O–H groups in total. The smallest absolute Gasteiger partial charge is 0.262 e. The van der Waals surface area contributed by atoms with Gasteiger partial charge in [-0.25, -0.2) is 8.42 Å². The summed E-state index contributed by atoms with van der Waals surface area (Å²) < 4.78 is 37.4. The monoisotopic (exact) mass is 460 g/mol. The molecule has 158 valence electrons. The predicted molar refractivity (Wildman–Crippen MR) is 114 cm³/mol. The Balaban J connectivity index is 2.22. The number of methoxy groups -OCH3 is 1. The third kappa shape index (κ3) is 5.54. The molecule has 1 amide bonds. The number of nitrogens with one attached hydrogen (secondary N) is 1. The fourth-order valence-corrected chi connectivity index (χ4v) is 4.59. The third-order valence-electron chi connectivity index (χ3n) is 4.05. The standard InChI is InChI=1S/C19H22Cl2N2O5S/c1-4-23(5-2)29(25,26)13-9-10-17(27-3)16(11-13)22-18(24)12-28-19-14(20)7-6-8-15(19)21/h6-11H,4-5,12H2,1-3H3,(H,22,24). The molecule has 2 aromatic carbocycles. The molecule has 7 nitrogen and oxygen atoms in total. The molecule has 0 bridgehead atoms. The number of ether oxygens (including phenoxy) is 2. The molecule has 0 saturated carbocycles. The number of amides is 1. The first-order valence-electron chi connectivity index (χ1n) is 8.79. The molecule has 0 atom stereocenters. The summed E-state index contributed by atoms with van der Waals surface area (Å²) in [6, 6.07) is 9.10. The summed E-state index contributed by atoms with van der Waals surface area (Å²) in [6.45, 7) is 3.80. The van der Waals surface area contributed by atoms with Gasteiger partial charge in [0.15, 0.2) is 12.4 Å². The molecule has 0 aliphatic heterocycles. The molecule has 2 aromatic rings. The van der Waals surface area contributed by atoms with Crippen molar-refractivity contribution in [1.29, 1.82) is 0 Å². The van der Waals surface area contributed by atoms with Crippen LogP contribution in [0.5, 0.6) is 11.5 Å². The van der Waals surface area contributed by atoms with Gasteiger partial charge in [0.25, 0.3) is 5.91 Å². The normalized spacial score (nSPS) is 11.4. The maximum atomic E-state index is 12.7. The predicted octanol–water partition coefficient (Wildman–Crippen LogP) is 4.05. The molecule has 0 aliphatic carbocycles. The Morgan fingerprint density at radius 1 is 1.10 bits per heavy atom. The van der Waals surface area contributed by atoms with Crippen molar-refractivity contribution >= 4 is 44.8 Å². The highest BCUT2D eigenvalue weighted by Crippen LogP contribution is 2.32. The van der Waals surface area contributed by atoms with Crippen molar-refractivity contribution in [2.45, 2.75) is 18.7 Å². The first-order chi connectivity index (χ1) is 13.7. The largest absolute Gasteiger partial charge is 0.495 e. The van der Waals surface area contributed by atoms with Crippen molar-refractivity contribution in [2.24, 2.45) is 0 Å². The Morgan fingerprint density at radius 3 is 2.28 bits per heavy atom. The van der Waals surface area contributed by atoms with E-state index in [1.807, 2.05) is 0 Å². The minimum absolute atomic E-state index is 0.0485. The lowest BCUT2D eigenvalue weighted by atomic mass is 10.3. The van der Waals surface area contributed by atoms with Crippen LogP contribution >= 0.6 is 23.2 Å². The van der Waals surface area contributed by atoms with Crippen LogP contribution < -0.4 is 14.8 Å². The van der Waals surface area contributed by atoms with E-state index in [2.05, 4.69) is 5.32 Å². The van der Waals surface area contributed by atoms with Crippen LogP contribution in [0.1, 0.15) is 13.8 Å². The Labute approximate surface area is 180 Å². The van der Waals surface area contributed by atoms with Crippen molar-refractivity contribution in [3.63, 3.8) is 0 Å². The van der Waals surface area contributed by atoms with Crippen LogP contribution in [0.15, 0.2) is 41.3 Å². The van der Waals surface area contributed by atoms with Crippen molar-refractivity contribution in [3.8, 4) is 11.5 Å². The van der Waals surface area contributed by atoms with Crippen LogP contribution in [0.3, 0.4) is 0 Å². The van der Waals surface area contributed by atoms with E-state index in [1.54, 1.807) is 32.0 Å². The molecule has 0 saturated heterocycles. The highest BCUT2D eigenvalue weighted by atomic mass is 35.5. The lowest BCUT2D eigenvalue weighted by Crippen LogP contribution is -2.30. The fraction of sp³-hybridized carbons (Fsp3) is 0.316. The van der Waals surface area contributed by atoms with Gasteiger partial charge in [0.1, 0.15) is 5.75 Å². The zero-order chi connectivity index (χ0) is 21.6. The zero-order valence-corrected chi connectivity index (χ0v) is 18.6. The van der Waals surface area contributed by atoms with Gasteiger partial charge in [-0.2, -0.15) is 4.31 Å². The van der Waals surface area contributed by atoms with Crippen LogP contribution in [-0.2, 0) is 14.8 Å². The summed E-state index contributed by atoms with van der Waals surface area (Å²) >= 11 is 12.0. The number of sulfonamides is 1. The number of benzene rings is 2. The van der Waals surface area contributed by atoms with Gasteiger partial charge < -0.3 is 14.8 Å². The molecular formula is C19H22Cl2N2O5S. The first kappa shape index (κ1) is 23.3. The number of para-hydroxylation sites is 1. The number of hydrogen-bond acceptors (Lipinski definition) is 5. The average molecular weight is 461 g/mol. The molecule has 29 heavy (non-hydrogen) atoms. The molecule has 10 heteroatoms. The second-order valence-corrected chi connectivity index (χ2v) is 8.59. The summed E-state index contributed by atoms with van der Waals surface area (Å²) in [5.74, 6) is -0.0277. The Bertz CT molecular complexity index is 958. The maximum Gasteiger partial charge on any atom is 0.262 e. The second kappa shape index (κ2) is 10.2. The quantitative estimate of drug-likeness (QED) is 0.609. The minimum Gasteiger partial charge on any atom is -0.495 e. The van der Waals surface area contributed by atoms with Crippen LogP contribution in [0.25, 0.3) is 0 Å². The topological polar surface area (TPSA) is 84.9 Å². The van der Waals surface area contributed by atoms with E-state index in [9.17, 15) is 13.2 Å². The van der Waals surface area contributed by atoms with Gasteiger partial charge in [-0.15, -0.1) is 0 Å². The van der Waals surface area contributed by atoms with Gasteiger partial charge in [0.2, 0.25) is 10.0 Å². The highest BCUT2D eigenvalue weighted by molar-refractivity contribution is 7.89. The summed E-state index contributed by atoms with van der Waals surface area (Å²) in [6.07, 6.45) is 0. The van der Waals surface area contributed by atoms with Crippen molar-refractivity contribution in [3.05, 3.63) is 46.4 Å². The molecule has 0 aromatic heterocycles. The van der Waals surface area contributed by atoms with Crippen molar-refractivity contribution < 1.29 is 22.7 Å². The number of carbonyl (C=O) groups excluding carboxylic acids is 1. The number of rotatable bonds is 9. The Hall–Kier alpha value is -2.00. The first-order valence-corrected chi connectivity index (χ1v) is 11.0. The van der Waals surface area contributed by atoms with Gasteiger partial charge >= 0.3 is 0 Å². The number of halogens is 2. The van der Waals surface area contributed by atoms with Gasteiger partial charge in [0.05, 0.1) is 27.7 Å². The van der Waals surface area contributed by atoms with E-state index >= 15 is 0 Å². The molecular weight excluding hydrogens is 439 g/mol. The number of nitrogens with zero attached hydrogens (tertiary/aromatic N) is 1. The van der Waals surface area contributed by atoms with E-state index in [1.165, 1.54) is 29.6 Å². The maximum absolute atomic E-state index is 12.7. The summed E-state index contributed by atoms with van der Waals surface area (Å²) in [5.41, 5.74) is 0.208. The number of carbonyl (C=O) groups is 1. The number of anilines is 1. The van der Waals surface area contributed by atoms with Gasteiger partial charge in [-0.05, 0) is 30.3 Å². The van der Waals surface area contributed by atoms with E-state index in [0.29, 0.717) is 18.8 Å². The van der Waals surface area contributed by atoms with Crippen LogP contribution in [0.4, 0.5) is 5.69 Å². The lowest BCUT2D eigenvalue weighted by Gasteiger charge is -2.19. The summed E-state index contributed by atoms with van der Waals surface area (Å²) in [7, 11) is -2.27. The molecule has 0 unspecified atom stereocenters. The minimum atomic E-state index is -3.69. The summed E-state index contributed by atoms with van der Waals surface area (Å²) in [4.78, 5) is 12.4. The third-order valence-corrected chi connectivity index (χ3v) is 6.70. The van der Waals surface area contributed by atoms with Crippen LogP contribution in [-0.4, -0.2) is 45.4 Å². The molecule has 0 spiro atoms. The average Bonchev–Trinajstić information content (AvgIpc) is 2.68. The summed E-state index contributed by atoms with van der Waals surface area (Å²) in [5, 5.41) is 3.15. The molecule has 0 fully saturated rings. The van der Waals surface area contributed by atoms with Crippen LogP contribution in [0, 0.1) is 0 Å². The zero-order valence-electron chi connectivity index (χ0n) is 16.2. The molecule has 0 aliphatic rings. The highest BCUT2D eigenvalue weighted by Gasteiger charge is 2.23. The fourth-order valence-electron chi connectivity index (χ4n) is 2.60. The SMILES string of the molecule is CCN(CC)S(=O)(=O)c1ccc(OC)c(NC(=O)COc2c(Cl)cccc2Cl)c1. The number of hydrogen-bond donors (Lipinski definition) is 1. The van der Waals surface area contributed by atoms with E-state index in [4.69, 9.17) is 32.7 Å². The van der Waals surface area contributed by atoms with Crippen molar-refractivity contribution in [2.75, 3.05) is 32.1 Å². The molecule has 0 radical (unpaired) electrons. The molecule has 2 rings (SSSR count). The second-order valence-electron chi connectivity index (χ2n) is 5.84. The van der Waals surface area contributed by atoms with Gasteiger partial charge in [-0.1, -0.05) is 43.1 Å². The Morgan fingerprint density at radius 2 is 1.72 bits per heavy atom. The van der Waals surface area contributed by atoms with Gasteiger partial charge in [0, 0.05) is 13.1 Å². The van der Waals surface area contributed by atoms with Gasteiger partial charge in [-0.3, -0.25) is 4.79 Å².